The molecule has 0 fully saturated rings. The summed E-state index contributed by atoms with van der Waals surface area (Å²) in [5, 5.41) is -0.148. The molecule has 1 heterocycles. The number of ether oxygens (including phenoxy) is 1. The number of fused-ring (bicyclic) bond motifs is 1. The van der Waals surface area contributed by atoms with Gasteiger partial charge in [0, 0.05) is 0 Å². The maximum absolute atomic E-state index is 13.3. The predicted molar refractivity (Wildman–Crippen MR) is 82.6 cm³/mol. The topological polar surface area (TPSA) is 44.1 Å². The number of alkyl halides is 3. The fourth-order valence-electron chi connectivity index (χ4n) is 2.10. The zero-order valence-electron chi connectivity index (χ0n) is 11.6. The highest BCUT2D eigenvalue weighted by Gasteiger charge is 2.40. The van der Waals surface area contributed by atoms with Crippen LogP contribution in [-0.2, 0) is 6.18 Å². The predicted octanol–water partition coefficient (Wildman–Crippen LogP) is 5.41. The van der Waals surface area contributed by atoms with E-state index in [0.717, 1.165) is 0 Å². The number of para-hydroxylation sites is 1. The number of hydrogen-bond acceptors (Lipinski definition) is 3. The van der Waals surface area contributed by atoms with Crippen molar-refractivity contribution in [3.63, 3.8) is 0 Å². The van der Waals surface area contributed by atoms with Crippen molar-refractivity contribution in [3.05, 3.63) is 58.3 Å². The Balaban J connectivity index is 2.18. The molecule has 0 unspecified atom stereocenters. The van der Waals surface area contributed by atoms with Crippen LogP contribution in [0.2, 0.25) is 10.0 Å². The minimum atomic E-state index is -4.88. The summed E-state index contributed by atoms with van der Waals surface area (Å²) in [7, 11) is 0. The molecule has 0 aliphatic carbocycles. The Kier molecular flexibility index (Phi) is 4.15. The third-order valence-corrected chi connectivity index (χ3v) is 3.90. The first-order chi connectivity index (χ1) is 11.3. The van der Waals surface area contributed by atoms with Crippen LogP contribution in [0, 0.1) is 0 Å². The average molecular weight is 375 g/mol. The minimum absolute atomic E-state index is 0.0268. The van der Waals surface area contributed by atoms with E-state index in [2.05, 4.69) is 4.98 Å². The van der Waals surface area contributed by atoms with Crippen LogP contribution >= 0.6 is 23.2 Å². The molecule has 2 aromatic carbocycles. The highest BCUT2D eigenvalue weighted by molar-refractivity contribution is 6.45. The summed E-state index contributed by atoms with van der Waals surface area (Å²) in [5.74, 6) is -1.35. The SMILES string of the molecule is O=C(Oc1ccccc1)n1c(C(F)(F)F)nc2c(Cl)c(Cl)ccc21. The van der Waals surface area contributed by atoms with E-state index in [-0.39, 0.29) is 26.8 Å². The molecule has 0 atom stereocenters. The highest BCUT2D eigenvalue weighted by atomic mass is 35.5. The molecule has 4 nitrogen and oxygen atoms in total. The Morgan fingerprint density at radius 3 is 2.38 bits per heavy atom. The quantitative estimate of drug-likeness (QED) is 0.571. The zero-order chi connectivity index (χ0) is 17.5. The maximum atomic E-state index is 13.3. The van der Waals surface area contributed by atoms with E-state index in [1.165, 1.54) is 24.3 Å². The molecular formula is C15H7Cl2F3N2O2. The Morgan fingerprint density at radius 2 is 1.75 bits per heavy atom. The van der Waals surface area contributed by atoms with Crippen LogP contribution in [0.5, 0.6) is 5.75 Å². The molecule has 1 aromatic heterocycles. The number of carbonyl (C=O) groups is 1. The number of carbonyl (C=O) groups excluding carboxylic acids is 1. The molecule has 0 aliphatic rings. The molecule has 124 valence electrons. The average Bonchev–Trinajstić information content (AvgIpc) is 2.92. The third-order valence-electron chi connectivity index (χ3n) is 3.10. The van der Waals surface area contributed by atoms with Crippen LogP contribution < -0.4 is 4.74 Å². The van der Waals surface area contributed by atoms with Crippen molar-refractivity contribution in [3.8, 4) is 5.75 Å². The van der Waals surface area contributed by atoms with E-state index in [1.54, 1.807) is 18.2 Å². The highest BCUT2D eigenvalue weighted by Crippen LogP contribution is 2.36. The summed E-state index contributed by atoms with van der Waals surface area (Å²) in [4.78, 5) is 15.7. The van der Waals surface area contributed by atoms with Gasteiger partial charge in [-0.1, -0.05) is 41.4 Å². The van der Waals surface area contributed by atoms with Gasteiger partial charge in [0.1, 0.15) is 11.3 Å². The van der Waals surface area contributed by atoms with Gasteiger partial charge in [-0.05, 0) is 24.3 Å². The van der Waals surface area contributed by atoms with Gasteiger partial charge in [-0.25, -0.2) is 14.3 Å². The van der Waals surface area contributed by atoms with Crippen molar-refractivity contribution in [2.45, 2.75) is 6.18 Å². The van der Waals surface area contributed by atoms with E-state index in [0.29, 0.717) is 4.57 Å². The van der Waals surface area contributed by atoms with Crippen LogP contribution in [0.15, 0.2) is 42.5 Å². The lowest BCUT2D eigenvalue weighted by atomic mass is 10.3. The number of hydrogen-bond donors (Lipinski definition) is 0. The number of aromatic nitrogens is 2. The van der Waals surface area contributed by atoms with Crippen molar-refractivity contribution < 1.29 is 22.7 Å². The van der Waals surface area contributed by atoms with Crippen molar-refractivity contribution in [2.75, 3.05) is 0 Å². The first-order valence-corrected chi connectivity index (χ1v) is 7.25. The first kappa shape index (κ1) is 16.6. The van der Waals surface area contributed by atoms with Crippen LogP contribution in [-0.4, -0.2) is 15.6 Å². The van der Waals surface area contributed by atoms with Gasteiger partial charge in [-0.2, -0.15) is 13.2 Å². The summed E-state index contributed by atoms with van der Waals surface area (Å²) < 4.78 is 45.1. The number of halogens is 5. The lowest BCUT2D eigenvalue weighted by Crippen LogP contribution is -2.24. The summed E-state index contributed by atoms with van der Waals surface area (Å²) in [5.41, 5.74) is -0.390. The van der Waals surface area contributed by atoms with Crippen molar-refractivity contribution in [2.24, 2.45) is 0 Å². The fourth-order valence-corrected chi connectivity index (χ4v) is 2.45. The molecule has 3 aromatic rings. The second-order valence-electron chi connectivity index (χ2n) is 4.68. The van der Waals surface area contributed by atoms with Crippen LogP contribution in [0.1, 0.15) is 5.82 Å². The molecule has 0 aliphatic heterocycles. The molecule has 0 bridgehead atoms. The van der Waals surface area contributed by atoms with Gasteiger partial charge >= 0.3 is 12.3 Å². The lowest BCUT2D eigenvalue weighted by Gasteiger charge is -2.10. The van der Waals surface area contributed by atoms with Gasteiger partial charge in [0.05, 0.1) is 15.6 Å². The summed E-state index contributed by atoms with van der Waals surface area (Å²) in [6.07, 6.45) is -6.14. The molecule has 9 heteroatoms. The van der Waals surface area contributed by atoms with Gasteiger partial charge in [-0.15, -0.1) is 0 Å². The zero-order valence-corrected chi connectivity index (χ0v) is 13.2. The lowest BCUT2D eigenvalue weighted by molar-refractivity contribution is -0.145. The van der Waals surface area contributed by atoms with Gasteiger partial charge in [-0.3, -0.25) is 0 Å². The van der Waals surface area contributed by atoms with E-state index in [1.807, 2.05) is 0 Å². The molecule has 0 saturated carbocycles. The van der Waals surface area contributed by atoms with Crippen molar-refractivity contribution >= 4 is 40.3 Å². The Labute approximate surface area is 143 Å². The monoisotopic (exact) mass is 374 g/mol. The minimum Gasteiger partial charge on any atom is -0.410 e. The molecule has 0 N–H and O–H groups in total. The standard InChI is InChI=1S/C15H7Cl2F3N2O2/c16-9-6-7-10-12(11(9)17)21-13(15(18,19)20)22(10)14(23)24-8-4-2-1-3-5-8/h1-7H. The molecule has 3 rings (SSSR count). The van der Waals surface area contributed by atoms with Crippen molar-refractivity contribution in [1.29, 1.82) is 0 Å². The smallest absolute Gasteiger partial charge is 0.410 e. The summed E-state index contributed by atoms with van der Waals surface area (Å²) in [6.45, 7) is 0. The Bertz CT molecular complexity index is 924. The Hall–Kier alpha value is -2.25. The van der Waals surface area contributed by atoms with Crippen LogP contribution in [0.3, 0.4) is 0 Å². The van der Waals surface area contributed by atoms with Gasteiger partial charge in [0.15, 0.2) is 0 Å². The molecule has 0 spiro atoms. The molecular weight excluding hydrogens is 368 g/mol. The Morgan fingerprint density at radius 1 is 1.08 bits per heavy atom. The fraction of sp³-hybridized carbons (Fsp3) is 0.0667. The summed E-state index contributed by atoms with van der Waals surface area (Å²) >= 11 is 11.7. The first-order valence-electron chi connectivity index (χ1n) is 6.50. The normalized spacial score (nSPS) is 11.7. The largest absolute Gasteiger partial charge is 0.450 e. The number of benzene rings is 2. The third kappa shape index (κ3) is 2.92. The molecule has 0 radical (unpaired) electrons. The second-order valence-corrected chi connectivity index (χ2v) is 5.46. The van der Waals surface area contributed by atoms with E-state index >= 15 is 0 Å². The van der Waals surface area contributed by atoms with E-state index in [4.69, 9.17) is 27.9 Å². The van der Waals surface area contributed by atoms with Gasteiger partial charge in [0.2, 0.25) is 5.82 Å². The second kappa shape index (κ2) is 5.99. The van der Waals surface area contributed by atoms with Crippen molar-refractivity contribution in [1.82, 2.24) is 9.55 Å². The maximum Gasteiger partial charge on any atom is 0.450 e. The number of imidazole rings is 1. The van der Waals surface area contributed by atoms with E-state index < -0.39 is 18.1 Å². The summed E-state index contributed by atoms with van der Waals surface area (Å²) in [6, 6.07) is 10.2. The number of nitrogens with zero attached hydrogens (tertiary/aromatic N) is 2. The van der Waals surface area contributed by atoms with E-state index in [9.17, 15) is 18.0 Å². The van der Waals surface area contributed by atoms with Gasteiger partial charge < -0.3 is 4.74 Å². The molecule has 0 amide bonds. The molecule has 24 heavy (non-hydrogen) atoms. The molecule has 0 saturated heterocycles. The van der Waals surface area contributed by atoms with Crippen LogP contribution in [0.25, 0.3) is 11.0 Å². The number of rotatable bonds is 1. The van der Waals surface area contributed by atoms with Gasteiger partial charge in [0.25, 0.3) is 0 Å². The van der Waals surface area contributed by atoms with Crippen LogP contribution in [0.4, 0.5) is 18.0 Å².